The Labute approximate surface area is 186 Å². The van der Waals surface area contributed by atoms with E-state index in [1.807, 2.05) is 24.3 Å². The quantitative estimate of drug-likeness (QED) is 0.679. The van der Waals surface area contributed by atoms with Crippen molar-refractivity contribution in [3.63, 3.8) is 0 Å². The van der Waals surface area contributed by atoms with Crippen LogP contribution in [0.4, 0.5) is 0 Å². The third kappa shape index (κ3) is 3.97. The molecule has 1 saturated heterocycles. The Morgan fingerprint density at radius 3 is 2.81 bits per heavy atom. The van der Waals surface area contributed by atoms with Crippen LogP contribution in [0.1, 0.15) is 66.5 Å². The summed E-state index contributed by atoms with van der Waals surface area (Å²) in [7, 11) is 0. The second-order valence-electron chi connectivity index (χ2n) is 9.59. The summed E-state index contributed by atoms with van der Waals surface area (Å²) in [6.45, 7) is 5.55. The Morgan fingerprint density at radius 1 is 1.25 bits per heavy atom. The van der Waals surface area contributed by atoms with Crippen LogP contribution < -0.4 is 5.56 Å². The predicted octanol–water partition coefficient (Wildman–Crippen LogP) is 3.35. The lowest BCUT2D eigenvalue weighted by Crippen LogP contribution is -2.40. The van der Waals surface area contributed by atoms with Crippen LogP contribution in [-0.2, 0) is 12.8 Å². The van der Waals surface area contributed by atoms with E-state index < -0.39 is 0 Å². The molecule has 1 amide bonds. The number of aromatic amines is 1. The van der Waals surface area contributed by atoms with E-state index in [-0.39, 0.29) is 28.4 Å². The van der Waals surface area contributed by atoms with E-state index in [0.29, 0.717) is 43.3 Å². The van der Waals surface area contributed by atoms with E-state index in [1.165, 1.54) is 0 Å². The molecule has 166 valence electrons. The van der Waals surface area contributed by atoms with Crippen LogP contribution in [0, 0.1) is 5.41 Å². The number of H-pyrrole nitrogens is 1. The van der Waals surface area contributed by atoms with Crippen molar-refractivity contribution < 1.29 is 9.32 Å². The van der Waals surface area contributed by atoms with Crippen molar-refractivity contribution in [1.82, 2.24) is 25.0 Å². The first-order valence-electron chi connectivity index (χ1n) is 11.2. The largest absolute Gasteiger partial charge is 0.339 e. The number of rotatable bonds is 3. The topological polar surface area (TPSA) is 105 Å². The lowest BCUT2D eigenvalue weighted by Gasteiger charge is -2.32. The molecule has 8 nitrogen and oxygen atoms in total. The molecule has 1 aliphatic carbocycles. The zero-order valence-corrected chi connectivity index (χ0v) is 18.4. The second-order valence-corrected chi connectivity index (χ2v) is 9.59. The minimum atomic E-state index is -0.285. The molecule has 0 saturated carbocycles. The van der Waals surface area contributed by atoms with Gasteiger partial charge in [0.15, 0.2) is 0 Å². The number of aryl methyl sites for hydroxylation is 1. The molecule has 0 radical (unpaired) electrons. The van der Waals surface area contributed by atoms with Crippen LogP contribution in [0.15, 0.2) is 39.8 Å². The summed E-state index contributed by atoms with van der Waals surface area (Å²) in [4.78, 5) is 39.3. The van der Waals surface area contributed by atoms with Gasteiger partial charge in [-0.25, -0.2) is 0 Å². The van der Waals surface area contributed by atoms with Gasteiger partial charge in [-0.15, -0.1) is 0 Å². The first-order chi connectivity index (χ1) is 15.4. The Balaban J connectivity index is 1.27. The second kappa shape index (κ2) is 8.00. The van der Waals surface area contributed by atoms with E-state index in [4.69, 9.17) is 4.52 Å². The SMILES string of the molecule is CC1(C)CCc2[nH]c(=O)c(C(=O)N3CCC(c4nc(-c5ccccn5)no4)CC3)cc2C1. The van der Waals surface area contributed by atoms with Crippen molar-refractivity contribution in [2.24, 2.45) is 5.41 Å². The van der Waals surface area contributed by atoms with E-state index in [2.05, 4.69) is 34.0 Å². The maximum absolute atomic E-state index is 13.1. The molecule has 1 N–H and O–H groups in total. The molecule has 0 atom stereocenters. The summed E-state index contributed by atoms with van der Waals surface area (Å²) >= 11 is 0. The number of likely N-dealkylation sites (tertiary alicyclic amines) is 1. The van der Waals surface area contributed by atoms with Crippen molar-refractivity contribution >= 4 is 5.91 Å². The molecule has 1 fully saturated rings. The monoisotopic (exact) mass is 433 g/mol. The van der Waals surface area contributed by atoms with Gasteiger partial charge in [-0.3, -0.25) is 14.6 Å². The number of hydrogen-bond acceptors (Lipinski definition) is 6. The summed E-state index contributed by atoms with van der Waals surface area (Å²) in [6, 6.07) is 7.38. The van der Waals surface area contributed by atoms with E-state index in [0.717, 1.165) is 30.5 Å². The molecule has 3 aromatic rings. The summed E-state index contributed by atoms with van der Waals surface area (Å²) in [5.74, 6) is 0.941. The number of carbonyl (C=O) groups excluding carboxylic acids is 1. The smallest absolute Gasteiger partial charge is 0.261 e. The summed E-state index contributed by atoms with van der Waals surface area (Å²) in [5.41, 5.74) is 2.88. The Morgan fingerprint density at radius 2 is 2.06 bits per heavy atom. The summed E-state index contributed by atoms with van der Waals surface area (Å²) < 4.78 is 5.48. The lowest BCUT2D eigenvalue weighted by atomic mass is 9.76. The molecule has 8 heteroatoms. The highest BCUT2D eigenvalue weighted by atomic mass is 16.5. The molecule has 5 rings (SSSR count). The van der Waals surface area contributed by atoms with Gasteiger partial charge in [0.1, 0.15) is 11.3 Å². The molecule has 4 heterocycles. The highest BCUT2D eigenvalue weighted by molar-refractivity contribution is 5.94. The molecular formula is C24H27N5O3. The average Bonchev–Trinajstić information content (AvgIpc) is 3.29. The minimum absolute atomic E-state index is 0.0895. The summed E-state index contributed by atoms with van der Waals surface area (Å²) in [6.07, 6.45) is 5.88. The van der Waals surface area contributed by atoms with Crippen LogP contribution >= 0.6 is 0 Å². The third-order valence-electron chi connectivity index (χ3n) is 6.63. The fraction of sp³-hybridized carbons (Fsp3) is 0.458. The molecule has 0 spiro atoms. The molecule has 1 aliphatic heterocycles. The van der Waals surface area contributed by atoms with Gasteiger partial charge in [-0.2, -0.15) is 4.98 Å². The highest BCUT2D eigenvalue weighted by Gasteiger charge is 2.31. The average molecular weight is 434 g/mol. The van der Waals surface area contributed by atoms with Crippen LogP contribution in [0.2, 0.25) is 0 Å². The van der Waals surface area contributed by atoms with E-state index in [9.17, 15) is 9.59 Å². The first kappa shape index (κ1) is 20.6. The number of nitrogens with one attached hydrogen (secondary N) is 1. The zero-order chi connectivity index (χ0) is 22.3. The number of pyridine rings is 2. The van der Waals surface area contributed by atoms with Gasteiger partial charge in [-0.1, -0.05) is 25.1 Å². The fourth-order valence-electron chi connectivity index (χ4n) is 4.72. The third-order valence-corrected chi connectivity index (χ3v) is 6.63. The van der Waals surface area contributed by atoms with Gasteiger partial charge in [0.2, 0.25) is 11.7 Å². The van der Waals surface area contributed by atoms with Crippen LogP contribution in [0.25, 0.3) is 11.5 Å². The number of piperidine rings is 1. The molecule has 0 bridgehead atoms. The van der Waals surface area contributed by atoms with Gasteiger partial charge >= 0.3 is 0 Å². The number of nitrogens with zero attached hydrogens (tertiary/aromatic N) is 4. The van der Waals surface area contributed by atoms with Gasteiger partial charge in [-0.05, 0) is 61.3 Å². The molecule has 32 heavy (non-hydrogen) atoms. The molecule has 2 aliphatic rings. The number of amides is 1. The van der Waals surface area contributed by atoms with Crippen molar-refractivity contribution in [3.05, 3.63) is 63.5 Å². The zero-order valence-electron chi connectivity index (χ0n) is 18.4. The maximum Gasteiger partial charge on any atom is 0.261 e. The Hall–Kier alpha value is -3.29. The molecule has 3 aromatic heterocycles. The lowest BCUT2D eigenvalue weighted by molar-refractivity contribution is 0.0702. The van der Waals surface area contributed by atoms with Gasteiger partial charge in [0.05, 0.1) is 0 Å². The van der Waals surface area contributed by atoms with Crippen LogP contribution in [-0.4, -0.2) is 44.0 Å². The van der Waals surface area contributed by atoms with E-state index >= 15 is 0 Å². The van der Waals surface area contributed by atoms with Crippen molar-refractivity contribution in [3.8, 4) is 11.5 Å². The minimum Gasteiger partial charge on any atom is -0.339 e. The number of fused-ring (bicyclic) bond motifs is 1. The van der Waals surface area contributed by atoms with Gasteiger partial charge < -0.3 is 14.4 Å². The molecule has 0 aromatic carbocycles. The normalized spacial score (nSPS) is 18.4. The van der Waals surface area contributed by atoms with Crippen molar-refractivity contribution in [1.29, 1.82) is 0 Å². The number of carbonyl (C=O) groups is 1. The van der Waals surface area contributed by atoms with E-state index in [1.54, 1.807) is 11.1 Å². The Bertz CT molecular complexity index is 1190. The first-order valence-corrected chi connectivity index (χ1v) is 11.2. The van der Waals surface area contributed by atoms with Crippen molar-refractivity contribution in [2.75, 3.05) is 13.1 Å². The van der Waals surface area contributed by atoms with Crippen molar-refractivity contribution in [2.45, 2.75) is 51.9 Å². The van der Waals surface area contributed by atoms with Crippen LogP contribution in [0.3, 0.4) is 0 Å². The number of aromatic nitrogens is 4. The molecular weight excluding hydrogens is 406 g/mol. The Kier molecular flexibility index (Phi) is 5.15. The predicted molar refractivity (Wildman–Crippen MR) is 118 cm³/mol. The number of hydrogen-bond donors (Lipinski definition) is 1. The van der Waals surface area contributed by atoms with Gasteiger partial charge in [0, 0.05) is 30.9 Å². The maximum atomic E-state index is 13.1. The summed E-state index contributed by atoms with van der Waals surface area (Å²) in [5, 5.41) is 4.05. The standard InChI is InChI=1S/C24H27N5O3/c1-24(2)9-6-18-16(14-24)13-17(21(30)26-18)23(31)29-11-7-15(8-12-29)22-27-20(28-32-22)19-5-3-4-10-25-19/h3-5,10,13,15H,6-9,11-12,14H2,1-2H3,(H,26,30). The highest BCUT2D eigenvalue weighted by Crippen LogP contribution is 2.34. The fourth-order valence-corrected chi connectivity index (χ4v) is 4.72. The molecule has 0 unspecified atom stereocenters. The van der Waals surface area contributed by atoms with Crippen LogP contribution in [0.5, 0.6) is 0 Å². The van der Waals surface area contributed by atoms with Gasteiger partial charge in [0.25, 0.3) is 11.5 Å².